The van der Waals surface area contributed by atoms with E-state index in [-0.39, 0.29) is 5.69 Å². The van der Waals surface area contributed by atoms with E-state index >= 15 is 0 Å². The highest BCUT2D eigenvalue weighted by Crippen LogP contribution is 2.19. The van der Waals surface area contributed by atoms with Crippen molar-refractivity contribution < 1.29 is 4.92 Å². The first-order valence-corrected chi connectivity index (χ1v) is 6.90. The van der Waals surface area contributed by atoms with Crippen LogP contribution < -0.4 is 0 Å². The van der Waals surface area contributed by atoms with Crippen LogP contribution >= 0.6 is 0 Å². The van der Waals surface area contributed by atoms with Crippen molar-refractivity contribution in [2.45, 2.75) is 6.92 Å². The minimum atomic E-state index is -0.402. The largest absolute Gasteiger partial charge is 0.272 e. The fourth-order valence-corrected chi connectivity index (χ4v) is 2.12. The number of aromatic nitrogens is 3. The summed E-state index contributed by atoms with van der Waals surface area (Å²) >= 11 is 0. The third kappa shape index (κ3) is 3.13. The summed E-state index contributed by atoms with van der Waals surface area (Å²) in [5.41, 5.74) is 2.20. The van der Waals surface area contributed by atoms with Gasteiger partial charge in [0.15, 0.2) is 5.82 Å². The molecular weight excluding hydrogens is 294 g/mol. The topological polar surface area (TPSA) is 86.2 Å². The number of benzene rings is 2. The molecule has 0 aliphatic carbocycles. The molecule has 0 saturated carbocycles. The molecule has 0 bridgehead atoms. The molecule has 0 atom stereocenters. The van der Waals surface area contributed by atoms with Gasteiger partial charge in [-0.2, -0.15) is 9.78 Å². The number of hydrogen-bond acceptors (Lipinski definition) is 5. The van der Waals surface area contributed by atoms with Gasteiger partial charge in [0.05, 0.1) is 11.1 Å². The van der Waals surface area contributed by atoms with Gasteiger partial charge in [-0.15, -0.1) is 10.2 Å². The van der Waals surface area contributed by atoms with E-state index in [1.165, 1.54) is 17.1 Å². The fourth-order valence-electron chi connectivity index (χ4n) is 2.12. The molecule has 3 rings (SSSR count). The lowest BCUT2D eigenvalue weighted by atomic mass is 10.1. The molecule has 0 aliphatic heterocycles. The molecule has 0 N–H and O–H groups in total. The predicted molar refractivity (Wildman–Crippen MR) is 86.3 cm³/mol. The summed E-state index contributed by atoms with van der Waals surface area (Å²) < 4.78 is 1.53. The van der Waals surface area contributed by atoms with Gasteiger partial charge in [-0.25, -0.2) is 0 Å². The summed E-state index contributed by atoms with van der Waals surface area (Å²) in [6.07, 6.45) is 3.03. The van der Waals surface area contributed by atoms with Crippen molar-refractivity contribution in [1.29, 1.82) is 0 Å². The molecular formula is C16H13N5O2. The lowest BCUT2D eigenvalue weighted by Gasteiger charge is -2.01. The molecule has 0 fully saturated rings. The first kappa shape index (κ1) is 14.6. The van der Waals surface area contributed by atoms with Crippen LogP contribution in [-0.2, 0) is 0 Å². The molecule has 0 radical (unpaired) electrons. The Morgan fingerprint density at radius 2 is 2.00 bits per heavy atom. The highest BCUT2D eigenvalue weighted by atomic mass is 16.6. The first-order valence-electron chi connectivity index (χ1n) is 6.90. The lowest BCUT2D eigenvalue weighted by molar-refractivity contribution is -0.385. The van der Waals surface area contributed by atoms with Crippen molar-refractivity contribution in [2.75, 3.05) is 0 Å². The van der Waals surface area contributed by atoms with Crippen molar-refractivity contribution in [1.82, 2.24) is 14.9 Å². The van der Waals surface area contributed by atoms with E-state index in [0.29, 0.717) is 17.0 Å². The summed E-state index contributed by atoms with van der Waals surface area (Å²) in [4.78, 5) is 10.6. The molecule has 7 heteroatoms. The standard InChI is InChI=1S/C16H13N5O2/c1-12-7-8-13(9-15(12)21(22)23)10-18-20-11-17-19-16(20)14-5-3-2-4-6-14/h2-11H,1H3/b18-10-. The summed E-state index contributed by atoms with van der Waals surface area (Å²) in [5, 5.41) is 23.2. The summed E-state index contributed by atoms with van der Waals surface area (Å²) in [5.74, 6) is 0.600. The van der Waals surface area contributed by atoms with Gasteiger partial charge in [-0.3, -0.25) is 10.1 Å². The molecule has 23 heavy (non-hydrogen) atoms. The number of hydrogen-bond donors (Lipinski definition) is 0. The van der Waals surface area contributed by atoms with Crippen LogP contribution in [0.15, 0.2) is 60.0 Å². The minimum Gasteiger partial charge on any atom is -0.258 e. The molecule has 1 aromatic heterocycles. The van der Waals surface area contributed by atoms with Gasteiger partial charge in [-0.05, 0) is 6.92 Å². The van der Waals surface area contributed by atoms with E-state index in [2.05, 4.69) is 15.3 Å². The van der Waals surface area contributed by atoms with Crippen LogP contribution in [0.2, 0.25) is 0 Å². The van der Waals surface area contributed by atoms with Crippen molar-refractivity contribution >= 4 is 11.9 Å². The zero-order chi connectivity index (χ0) is 16.2. The molecule has 1 heterocycles. The Kier molecular flexibility index (Phi) is 3.92. The second-order valence-electron chi connectivity index (χ2n) is 4.91. The number of rotatable bonds is 4. The average molecular weight is 307 g/mol. The Hall–Kier alpha value is -3.35. The van der Waals surface area contributed by atoms with Crippen LogP contribution in [0, 0.1) is 17.0 Å². The SMILES string of the molecule is Cc1ccc(/C=N\n2cnnc2-c2ccccc2)cc1[N+](=O)[O-]. The van der Waals surface area contributed by atoms with E-state index < -0.39 is 4.92 Å². The van der Waals surface area contributed by atoms with Crippen molar-refractivity contribution in [3.8, 4) is 11.4 Å². The molecule has 7 nitrogen and oxygen atoms in total. The van der Waals surface area contributed by atoms with Gasteiger partial charge in [0.2, 0.25) is 0 Å². The zero-order valence-corrected chi connectivity index (χ0v) is 12.3. The van der Waals surface area contributed by atoms with Crippen LogP contribution in [-0.4, -0.2) is 26.0 Å². The summed E-state index contributed by atoms with van der Waals surface area (Å²) in [7, 11) is 0. The monoisotopic (exact) mass is 307 g/mol. The van der Waals surface area contributed by atoms with E-state index in [4.69, 9.17) is 0 Å². The van der Waals surface area contributed by atoms with Crippen LogP contribution in [0.25, 0.3) is 11.4 Å². The molecule has 0 saturated heterocycles. The maximum atomic E-state index is 11.0. The van der Waals surface area contributed by atoms with Crippen molar-refractivity contribution in [3.05, 3.63) is 76.1 Å². The quantitative estimate of drug-likeness (QED) is 0.421. The van der Waals surface area contributed by atoms with Gasteiger partial charge in [0.25, 0.3) is 5.69 Å². The van der Waals surface area contributed by atoms with Gasteiger partial charge < -0.3 is 0 Å². The maximum absolute atomic E-state index is 11.0. The first-order chi connectivity index (χ1) is 11.1. The normalized spacial score (nSPS) is 11.0. The Morgan fingerprint density at radius 3 is 2.74 bits per heavy atom. The van der Waals surface area contributed by atoms with Crippen LogP contribution in [0.1, 0.15) is 11.1 Å². The molecule has 0 unspecified atom stereocenters. The Morgan fingerprint density at radius 1 is 1.22 bits per heavy atom. The average Bonchev–Trinajstić information content (AvgIpc) is 3.03. The van der Waals surface area contributed by atoms with Crippen molar-refractivity contribution in [3.63, 3.8) is 0 Å². The Labute approximate surface area is 132 Å². The number of aryl methyl sites for hydroxylation is 1. The van der Waals surface area contributed by atoms with Crippen molar-refractivity contribution in [2.24, 2.45) is 5.10 Å². The highest BCUT2D eigenvalue weighted by Gasteiger charge is 2.10. The minimum absolute atomic E-state index is 0.0704. The third-order valence-corrected chi connectivity index (χ3v) is 3.32. The molecule has 114 valence electrons. The maximum Gasteiger partial charge on any atom is 0.272 e. The van der Waals surface area contributed by atoms with E-state index in [0.717, 1.165) is 5.56 Å². The number of nitro groups is 1. The Bertz CT molecular complexity index is 871. The zero-order valence-electron chi connectivity index (χ0n) is 12.3. The van der Waals surface area contributed by atoms with Gasteiger partial charge in [-0.1, -0.05) is 42.5 Å². The van der Waals surface area contributed by atoms with E-state index in [1.54, 1.807) is 25.3 Å². The number of nitro benzene ring substituents is 1. The summed E-state index contributed by atoms with van der Waals surface area (Å²) in [6, 6.07) is 14.5. The highest BCUT2D eigenvalue weighted by molar-refractivity contribution is 5.81. The smallest absolute Gasteiger partial charge is 0.258 e. The molecule has 0 aliphatic rings. The molecule has 3 aromatic rings. The second kappa shape index (κ2) is 6.18. The van der Waals surface area contributed by atoms with Crippen LogP contribution in [0.5, 0.6) is 0 Å². The molecule has 0 amide bonds. The van der Waals surface area contributed by atoms with Crippen LogP contribution in [0.3, 0.4) is 0 Å². The third-order valence-electron chi connectivity index (χ3n) is 3.32. The van der Waals surface area contributed by atoms with Crippen LogP contribution in [0.4, 0.5) is 5.69 Å². The van der Waals surface area contributed by atoms with E-state index in [9.17, 15) is 10.1 Å². The Balaban J connectivity index is 1.92. The molecule has 2 aromatic carbocycles. The number of nitrogens with zero attached hydrogens (tertiary/aromatic N) is 5. The second-order valence-corrected chi connectivity index (χ2v) is 4.91. The van der Waals surface area contributed by atoms with Gasteiger partial charge in [0, 0.05) is 22.8 Å². The molecule has 0 spiro atoms. The van der Waals surface area contributed by atoms with E-state index in [1.807, 2.05) is 30.3 Å². The fraction of sp³-hybridized carbons (Fsp3) is 0.0625. The van der Waals surface area contributed by atoms with Gasteiger partial charge >= 0.3 is 0 Å². The predicted octanol–water partition coefficient (Wildman–Crippen LogP) is 3.04. The van der Waals surface area contributed by atoms with Gasteiger partial charge in [0.1, 0.15) is 6.33 Å². The lowest BCUT2D eigenvalue weighted by Crippen LogP contribution is -1.96. The summed E-state index contributed by atoms with van der Waals surface area (Å²) in [6.45, 7) is 1.70.